The number of rotatable bonds is 10. The maximum absolute atomic E-state index is 13.1. The number of halogens is 5. The van der Waals surface area contributed by atoms with Gasteiger partial charge >= 0.3 is 6.36 Å². The third kappa shape index (κ3) is 10.5. The molecule has 2 heterocycles. The lowest BCUT2D eigenvalue weighted by Crippen LogP contribution is -2.33. The lowest BCUT2D eigenvalue weighted by molar-refractivity contribution is -0.274. The average molecular weight is 652 g/mol. The van der Waals surface area contributed by atoms with Gasteiger partial charge < -0.3 is 4.74 Å². The Hall–Kier alpha value is -2.58. The number of alkyl halides is 3. The smallest absolute Gasteiger partial charge is 0.406 e. The Labute approximate surface area is 271 Å². The van der Waals surface area contributed by atoms with Crippen LogP contribution in [0.25, 0.3) is 0 Å². The number of ketones is 1. The van der Waals surface area contributed by atoms with Crippen LogP contribution in [0.3, 0.4) is 0 Å². The van der Waals surface area contributed by atoms with E-state index in [1.165, 1.54) is 47.2 Å². The molecule has 0 unspecified atom stereocenters. The van der Waals surface area contributed by atoms with Crippen LogP contribution < -0.4 is 4.74 Å². The minimum atomic E-state index is -4.70. The molecule has 1 saturated heterocycles. The van der Waals surface area contributed by atoms with Crippen molar-refractivity contribution in [1.29, 1.82) is 0 Å². The second kappa shape index (κ2) is 16.6. The lowest BCUT2D eigenvalue weighted by Gasteiger charge is -2.32. The molecule has 1 fully saturated rings. The lowest BCUT2D eigenvalue weighted by atomic mass is 9.90. The van der Waals surface area contributed by atoms with Crippen molar-refractivity contribution in [2.75, 3.05) is 26.2 Å². The number of benzene rings is 3. The van der Waals surface area contributed by atoms with Gasteiger partial charge in [-0.2, -0.15) is 0 Å². The molecule has 0 saturated carbocycles. The number of Topliss-reactive ketones (excluding diaryl/α,β-unsaturated/α-hetero) is 1. The molecule has 0 radical (unpaired) electrons. The molecule has 2 aliphatic rings. The van der Waals surface area contributed by atoms with E-state index >= 15 is 0 Å². The van der Waals surface area contributed by atoms with Gasteiger partial charge in [-0.3, -0.25) is 14.6 Å². The number of carbonyl (C=O) groups is 1. The largest absolute Gasteiger partial charge is 0.573 e. The zero-order valence-corrected chi connectivity index (χ0v) is 26.9. The topological polar surface area (TPSA) is 32.8 Å². The average Bonchev–Trinajstić information content (AvgIpc) is 3.16. The van der Waals surface area contributed by atoms with Crippen LogP contribution in [0.5, 0.6) is 5.75 Å². The van der Waals surface area contributed by atoms with E-state index in [1.54, 1.807) is 6.07 Å². The Bertz CT molecular complexity index is 1360. The summed E-state index contributed by atoms with van der Waals surface area (Å²) in [6, 6.07) is 21.0. The molecule has 3 aromatic rings. The van der Waals surface area contributed by atoms with Crippen LogP contribution in [-0.2, 0) is 25.9 Å². The van der Waals surface area contributed by atoms with Crippen LogP contribution in [-0.4, -0.2) is 48.1 Å². The van der Waals surface area contributed by atoms with Gasteiger partial charge in [0.15, 0.2) is 5.78 Å². The van der Waals surface area contributed by atoms with E-state index in [0.29, 0.717) is 18.9 Å². The summed E-state index contributed by atoms with van der Waals surface area (Å²) in [7, 11) is 0. The summed E-state index contributed by atoms with van der Waals surface area (Å²) < 4.78 is 41.9. The fourth-order valence-electron chi connectivity index (χ4n) is 6.36. The zero-order valence-electron chi connectivity index (χ0n) is 25.3. The molecule has 0 N–H and O–H groups in total. The van der Waals surface area contributed by atoms with Crippen molar-refractivity contribution in [3.8, 4) is 5.75 Å². The minimum Gasteiger partial charge on any atom is -0.406 e. The van der Waals surface area contributed by atoms with E-state index in [9.17, 15) is 18.0 Å². The summed E-state index contributed by atoms with van der Waals surface area (Å²) in [6.07, 6.45) is 2.01. The van der Waals surface area contributed by atoms with Crippen LogP contribution in [0.2, 0.25) is 0 Å². The summed E-state index contributed by atoms with van der Waals surface area (Å²) in [4.78, 5) is 17.9. The molecule has 240 valence electrons. The van der Waals surface area contributed by atoms with Crippen molar-refractivity contribution in [1.82, 2.24) is 9.80 Å². The second-order valence-electron chi connectivity index (χ2n) is 11.9. The first-order valence-electron chi connectivity index (χ1n) is 15.2. The summed E-state index contributed by atoms with van der Waals surface area (Å²) >= 11 is 0. The van der Waals surface area contributed by atoms with Crippen molar-refractivity contribution in [2.45, 2.75) is 71.3 Å². The van der Waals surface area contributed by atoms with Crippen molar-refractivity contribution < 1.29 is 22.7 Å². The van der Waals surface area contributed by atoms with E-state index in [4.69, 9.17) is 0 Å². The molecule has 0 aromatic heterocycles. The molecular weight excluding hydrogens is 608 g/mol. The number of ether oxygens (including phenoxy) is 1. The van der Waals surface area contributed by atoms with E-state index in [0.717, 1.165) is 69.5 Å². The number of likely N-dealkylation sites (tertiary alicyclic amines) is 1. The molecule has 0 atom stereocenters. The van der Waals surface area contributed by atoms with Crippen LogP contribution in [0.1, 0.15) is 70.3 Å². The molecule has 0 spiro atoms. The Morgan fingerprint density at radius 2 is 1.55 bits per heavy atom. The molecule has 0 bridgehead atoms. The molecular formula is C35H43Cl2F3N2O2. The maximum Gasteiger partial charge on any atom is 0.573 e. The van der Waals surface area contributed by atoms with Gasteiger partial charge in [0.25, 0.3) is 0 Å². The van der Waals surface area contributed by atoms with Gasteiger partial charge in [0.05, 0.1) is 0 Å². The van der Waals surface area contributed by atoms with Gasteiger partial charge in [0.2, 0.25) is 0 Å². The third-order valence-electron chi connectivity index (χ3n) is 8.84. The highest BCUT2D eigenvalue weighted by molar-refractivity contribution is 5.96. The number of hydrogen-bond acceptors (Lipinski definition) is 4. The fraction of sp³-hybridized carbons (Fsp3) is 0.457. The number of hydrogen-bond donors (Lipinski definition) is 0. The first-order valence-corrected chi connectivity index (χ1v) is 15.2. The van der Waals surface area contributed by atoms with E-state index in [1.807, 2.05) is 12.1 Å². The Morgan fingerprint density at radius 1 is 0.841 bits per heavy atom. The van der Waals surface area contributed by atoms with Gasteiger partial charge in [-0.05, 0) is 110 Å². The first kappa shape index (κ1) is 35.9. The fourth-order valence-corrected chi connectivity index (χ4v) is 6.36. The van der Waals surface area contributed by atoms with Gasteiger partial charge in [0.1, 0.15) is 5.75 Å². The van der Waals surface area contributed by atoms with Crippen LogP contribution in [0, 0.1) is 12.8 Å². The van der Waals surface area contributed by atoms with Gasteiger partial charge in [-0.25, -0.2) is 0 Å². The molecule has 5 rings (SSSR count). The standard InChI is InChI=1S/C35H41F3N2O2.2ClH/c1-26-6-2-3-9-32(26)25-40-18-14-27(15-19-40)7-5-11-34(41)31-13-12-29-16-20-39(21-17-30(29)23-31)24-28-8-4-10-33(22-28)42-35(36,37)38;;/h2-4,6,8-10,12-13,22-23,27H,5,7,11,14-21,24-25H2,1H3;2*1H. The molecule has 4 nitrogen and oxygen atoms in total. The number of fused-ring (bicyclic) bond motifs is 1. The zero-order chi connectivity index (χ0) is 29.5. The molecule has 0 aliphatic carbocycles. The van der Waals surface area contributed by atoms with Crippen LogP contribution in [0.4, 0.5) is 13.2 Å². The quantitative estimate of drug-likeness (QED) is 0.206. The summed E-state index contributed by atoms with van der Waals surface area (Å²) in [5, 5.41) is 0. The van der Waals surface area contributed by atoms with Crippen molar-refractivity contribution in [2.24, 2.45) is 5.92 Å². The highest BCUT2D eigenvalue weighted by Crippen LogP contribution is 2.27. The summed E-state index contributed by atoms with van der Waals surface area (Å²) in [5.41, 5.74) is 6.82. The Kier molecular flexibility index (Phi) is 13.6. The molecule has 0 amide bonds. The van der Waals surface area contributed by atoms with E-state index < -0.39 is 6.36 Å². The molecule has 44 heavy (non-hydrogen) atoms. The second-order valence-corrected chi connectivity index (χ2v) is 11.9. The highest BCUT2D eigenvalue weighted by atomic mass is 35.5. The predicted molar refractivity (Wildman–Crippen MR) is 174 cm³/mol. The van der Waals surface area contributed by atoms with Crippen LogP contribution >= 0.6 is 24.8 Å². The SMILES string of the molecule is Cc1ccccc1CN1CCC(CCCC(=O)c2ccc3c(c2)CCN(Cc2cccc(OC(F)(F)F)c2)CC3)CC1.Cl.Cl. The Balaban J connectivity index is 0.00000264. The number of nitrogens with zero attached hydrogens (tertiary/aromatic N) is 2. The summed E-state index contributed by atoms with van der Waals surface area (Å²) in [6.45, 7) is 7.62. The van der Waals surface area contributed by atoms with E-state index in [-0.39, 0.29) is 36.3 Å². The number of aryl methyl sites for hydroxylation is 1. The third-order valence-corrected chi connectivity index (χ3v) is 8.84. The van der Waals surface area contributed by atoms with Crippen molar-refractivity contribution >= 4 is 30.6 Å². The van der Waals surface area contributed by atoms with E-state index in [2.05, 4.69) is 57.9 Å². The van der Waals surface area contributed by atoms with Crippen molar-refractivity contribution in [3.63, 3.8) is 0 Å². The van der Waals surface area contributed by atoms with Gasteiger partial charge in [0, 0.05) is 38.2 Å². The molecule has 3 aromatic carbocycles. The maximum atomic E-state index is 13.1. The number of carbonyl (C=O) groups excluding carboxylic acids is 1. The highest BCUT2D eigenvalue weighted by Gasteiger charge is 2.31. The predicted octanol–water partition coefficient (Wildman–Crippen LogP) is 8.60. The number of piperidine rings is 1. The monoisotopic (exact) mass is 650 g/mol. The first-order chi connectivity index (χ1) is 20.2. The Morgan fingerprint density at radius 3 is 2.27 bits per heavy atom. The minimum absolute atomic E-state index is 0. The van der Waals surface area contributed by atoms with Crippen LogP contribution in [0.15, 0.2) is 66.7 Å². The van der Waals surface area contributed by atoms with Crippen molar-refractivity contribution in [3.05, 3.63) is 100 Å². The molecule has 2 aliphatic heterocycles. The molecule has 9 heteroatoms. The van der Waals surface area contributed by atoms with Gasteiger partial charge in [-0.15, -0.1) is 38.0 Å². The normalized spacial score (nSPS) is 16.3. The summed E-state index contributed by atoms with van der Waals surface area (Å²) in [5.74, 6) is 0.729. The van der Waals surface area contributed by atoms with Gasteiger partial charge in [-0.1, -0.05) is 48.5 Å².